The summed E-state index contributed by atoms with van der Waals surface area (Å²) in [5, 5.41) is 3.97. The molecular formula is C17H22ClN3. The van der Waals surface area contributed by atoms with E-state index in [-0.39, 0.29) is 0 Å². The molecule has 1 heterocycles. The first kappa shape index (κ1) is 15.8. The highest BCUT2D eigenvalue weighted by Gasteiger charge is 2.09. The van der Waals surface area contributed by atoms with Gasteiger partial charge in [0.15, 0.2) is 0 Å². The number of rotatable bonds is 6. The summed E-state index contributed by atoms with van der Waals surface area (Å²) in [4.78, 5) is 6.58. The number of nitrogens with one attached hydrogen (secondary N) is 1. The number of pyridine rings is 1. The zero-order valence-electron chi connectivity index (χ0n) is 12.9. The average molecular weight is 304 g/mol. The second-order valence-electron chi connectivity index (χ2n) is 5.27. The first-order valence-electron chi connectivity index (χ1n) is 7.22. The summed E-state index contributed by atoms with van der Waals surface area (Å²) in [7, 11) is 2.01. The number of halogens is 1. The monoisotopic (exact) mass is 303 g/mol. The van der Waals surface area contributed by atoms with Crippen LogP contribution in [0.25, 0.3) is 0 Å². The molecule has 1 aromatic carbocycles. The van der Waals surface area contributed by atoms with Crippen LogP contribution in [-0.4, -0.2) is 18.6 Å². The van der Waals surface area contributed by atoms with Crippen molar-refractivity contribution in [2.24, 2.45) is 0 Å². The third kappa shape index (κ3) is 4.45. The van der Waals surface area contributed by atoms with Crippen molar-refractivity contribution in [1.29, 1.82) is 0 Å². The maximum absolute atomic E-state index is 6.37. The molecule has 2 rings (SSSR count). The Bertz CT molecular complexity index is 598. The lowest BCUT2D eigenvalue weighted by atomic mass is 10.1. The van der Waals surface area contributed by atoms with E-state index in [9.17, 15) is 0 Å². The molecule has 112 valence electrons. The molecule has 0 spiro atoms. The summed E-state index contributed by atoms with van der Waals surface area (Å²) in [6.45, 7) is 6.71. The fraction of sp³-hybridized carbons (Fsp3) is 0.353. The minimum absolute atomic E-state index is 0.695. The highest BCUT2D eigenvalue weighted by atomic mass is 35.5. The number of aromatic nitrogens is 1. The summed E-state index contributed by atoms with van der Waals surface area (Å²) in [5.74, 6) is 0.818. The molecule has 0 aliphatic carbocycles. The molecule has 0 amide bonds. The van der Waals surface area contributed by atoms with E-state index in [1.807, 2.05) is 19.3 Å². The summed E-state index contributed by atoms with van der Waals surface area (Å²) in [6, 6.07) is 10.5. The quantitative estimate of drug-likeness (QED) is 0.880. The largest absolute Gasteiger partial charge is 0.354 e. The predicted molar refractivity (Wildman–Crippen MR) is 89.9 cm³/mol. The molecule has 0 saturated carbocycles. The standard InChI is InChI=1S/C17H22ClN3/c1-4-19-10-15-9-16(18)17(20-11-15)21(3)12-14-7-5-6-13(2)8-14/h5-9,11,19H,4,10,12H2,1-3H3. The molecule has 0 atom stereocenters. The average Bonchev–Trinajstić information content (AvgIpc) is 2.45. The van der Waals surface area contributed by atoms with Gasteiger partial charge in [-0.3, -0.25) is 0 Å². The van der Waals surface area contributed by atoms with Crippen LogP contribution in [0.1, 0.15) is 23.6 Å². The van der Waals surface area contributed by atoms with Gasteiger partial charge in [-0.15, -0.1) is 0 Å². The lowest BCUT2D eigenvalue weighted by Crippen LogP contribution is -2.19. The van der Waals surface area contributed by atoms with Crippen LogP contribution in [0.5, 0.6) is 0 Å². The van der Waals surface area contributed by atoms with Crippen molar-refractivity contribution in [2.75, 3.05) is 18.5 Å². The molecule has 0 bridgehead atoms. The maximum Gasteiger partial charge on any atom is 0.147 e. The van der Waals surface area contributed by atoms with Crippen molar-refractivity contribution in [3.63, 3.8) is 0 Å². The Hall–Kier alpha value is -1.58. The zero-order valence-corrected chi connectivity index (χ0v) is 13.6. The van der Waals surface area contributed by atoms with Gasteiger partial charge in [-0.2, -0.15) is 0 Å². The second kappa shape index (κ2) is 7.43. The van der Waals surface area contributed by atoms with Gasteiger partial charge in [0.05, 0.1) is 5.02 Å². The predicted octanol–water partition coefficient (Wildman–Crippen LogP) is 3.79. The van der Waals surface area contributed by atoms with Gasteiger partial charge in [0.25, 0.3) is 0 Å². The highest BCUT2D eigenvalue weighted by Crippen LogP contribution is 2.24. The molecular weight excluding hydrogens is 282 g/mol. The first-order valence-corrected chi connectivity index (χ1v) is 7.59. The zero-order chi connectivity index (χ0) is 15.2. The van der Waals surface area contributed by atoms with Gasteiger partial charge in [-0.05, 0) is 30.7 Å². The van der Waals surface area contributed by atoms with Crippen molar-refractivity contribution in [1.82, 2.24) is 10.3 Å². The summed E-state index contributed by atoms with van der Waals surface area (Å²) >= 11 is 6.37. The minimum atomic E-state index is 0.695. The van der Waals surface area contributed by atoms with Crippen molar-refractivity contribution in [2.45, 2.75) is 26.9 Å². The molecule has 21 heavy (non-hydrogen) atoms. The lowest BCUT2D eigenvalue weighted by molar-refractivity contribution is 0.724. The van der Waals surface area contributed by atoms with Crippen LogP contribution in [0.4, 0.5) is 5.82 Å². The van der Waals surface area contributed by atoms with E-state index in [4.69, 9.17) is 11.6 Å². The Balaban J connectivity index is 2.10. The molecule has 0 saturated heterocycles. The normalized spacial score (nSPS) is 10.7. The molecule has 0 aliphatic heterocycles. The fourth-order valence-corrected chi connectivity index (χ4v) is 2.61. The fourth-order valence-electron chi connectivity index (χ4n) is 2.28. The molecule has 0 aliphatic rings. The van der Waals surface area contributed by atoms with Crippen LogP contribution in [0.3, 0.4) is 0 Å². The van der Waals surface area contributed by atoms with E-state index in [0.717, 1.165) is 31.0 Å². The van der Waals surface area contributed by atoms with E-state index in [0.29, 0.717) is 5.02 Å². The SMILES string of the molecule is CCNCc1cnc(N(C)Cc2cccc(C)c2)c(Cl)c1. The van der Waals surface area contributed by atoms with Crippen LogP contribution in [0.2, 0.25) is 5.02 Å². The molecule has 4 heteroatoms. The van der Waals surface area contributed by atoms with Crippen LogP contribution in [0, 0.1) is 6.92 Å². The Kier molecular flexibility index (Phi) is 5.59. The van der Waals surface area contributed by atoms with E-state index in [1.54, 1.807) is 0 Å². The number of benzene rings is 1. The Morgan fingerprint density at radius 3 is 2.71 bits per heavy atom. The third-order valence-electron chi connectivity index (χ3n) is 3.32. The molecule has 1 N–H and O–H groups in total. The number of nitrogens with zero attached hydrogens (tertiary/aromatic N) is 2. The van der Waals surface area contributed by atoms with Gasteiger partial charge in [0.1, 0.15) is 5.82 Å². The number of hydrogen-bond donors (Lipinski definition) is 1. The van der Waals surface area contributed by atoms with Crippen molar-refractivity contribution in [3.05, 3.63) is 58.2 Å². The number of anilines is 1. The van der Waals surface area contributed by atoms with Crippen LogP contribution in [-0.2, 0) is 13.1 Å². The van der Waals surface area contributed by atoms with E-state index in [1.165, 1.54) is 11.1 Å². The minimum Gasteiger partial charge on any atom is -0.354 e. The molecule has 0 radical (unpaired) electrons. The van der Waals surface area contributed by atoms with Gasteiger partial charge in [-0.25, -0.2) is 4.98 Å². The van der Waals surface area contributed by atoms with Gasteiger partial charge in [-0.1, -0.05) is 48.4 Å². The Morgan fingerprint density at radius 1 is 1.24 bits per heavy atom. The number of aryl methyl sites for hydroxylation is 1. The van der Waals surface area contributed by atoms with Crippen LogP contribution < -0.4 is 10.2 Å². The van der Waals surface area contributed by atoms with Gasteiger partial charge < -0.3 is 10.2 Å². The smallest absolute Gasteiger partial charge is 0.147 e. The maximum atomic E-state index is 6.37. The van der Waals surface area contributed by atoms with Crippen molar-refractivity contribution >= 4 is 17.4 Å². The summed E-state index contributed by atoms with van der Waals surface area (Å²) < 4.78 is 0. The van der Waals surface area contributed by atoms with Crippen LogP contribution in [0.15, 0.2) is 36.5 Å². The Morgan fingerprint density at radius 2 is 2.05 bits per heavy atom. The number of hydrogen-bond acceptors (Lipinski definition) is 3. The third-order valence-corrected chi connectivity index (χ3v) is 3.60. The summed E-state index contributed by atoms with van der Waals surface area (Å²) in [5.41, 5.74) is 3.63. The first-order chi connectivity index (χ1) is 10.1. The molecule has 0 fully saturated rings. The second-order valence-corrected chi connectivity index (χ2v) is 5.68. The van der Waals surface area contributed by atoms with Crippen molar-refractivity contribution in [3.8, 4) is 0 Å². The molecule has 0 unspecified atom stereocenters. The molecule has 1 aromatic heterocycles. The lowest BCUT2D eigenvalue weighted by Gasteiger charge is -2.20. The van der Waals surface area contributed by atoms with Gasteiger partial charge in [0, 0.05) is 26.3 Å². The van der Waals surface area contributed by atoms with Crippen LogP contribution >= 0.6 is 11.6 Å². The highest BCUT2D eigenvalue weighted by molar-refractivity contribution is 6.33. The van der Waals surface area contributed by atoms with E-state index in [2.05, 4.69) is 53.3 Å². The van der Waals surface area contributed by atoms with E-state index < -0.39 is 0 Å². The topological polar surface area (TPSA) is 28.2 Å². The van der Waals surface area contributed by atoms with Gasteiger partial charge >= 0.3 is 0 Å². The Labute approximate surface area is 132 Å². The molecule has 3 nitrogen and oxygen atoms in total. The summed E-state index contributed by atoms with van der Waals surface area (Å²) in [6.07, 6.45) is 1.89. The molecule has 2 aromatic rings. The van der Waals surface area contributed by atoms with Gasteiger partial charge in [0.2, 0.25) is 0 Å². The van der Waals surface area contributed by atoms with E-state index >= 15 is 0 Å². The van der Waals surface area contributed by atoms with Crippen molar-refractivity contribution < 1.29 is 0 Å².